The molecule has 152 valence electrons. The van der Waals surface area contributed by atoms with Gasteiger partial charge in [-0.15, -0.1) is 0 Å². The lowest BCUT2D eigenvalue weighted by atomic mass is 10.1. The summed E-state index contributed by atoms with van der Waals surface area (Å²) in [7, 11) is 0. The Bertz CT molecular complexity index is 1120. The summed E-state index contributed by atoms with van der Waals surface area (Å²) in [5, 5.41) is 14.5. The fraction of sp³-hybridized carbons (Fsp3) is 0.0526. The van der Waals surface area contributed by atoms with Crippen molar-refractivity contribution in [3.63, 3.8) is 0 Å². The van der Waals surface area contributed by atoms with Crippen molar-refractivity contribution in [3.05, 3.63) is 80.6 Å². The summed E-state index contributed by atoms with van der Waals surface area (Å²) in [5.41, 5.74) is 5.74. The van der Waals surface area contributed by atoms with Gasteiger partial charge in [0.15, 0.2) is 5.78 Å². The highest BCUT2D eigenvalue weighted by atomic mass is 79.9. The molecule has 30 heavy (non-hydrogen) atoms. The molecule has 3 rings (SSSR count). The third kappa shape index (κ3) is 4.75. The van der Waals surface area contributed by atoms with Gasteiger partial charge in [-0.05, 0) is 59.3 Å². The van der Waals surface area contributed by atoms with Crippen molar-refractivity contribution < 1.29 is 14.5 Å². The fourth-order valence-electron chi connectivity index (χ4n) is 2.49. The zero-order valence-electron chi connectivity index (χ0n) is 15.5. The number of nitro groups is 1. The number of rotatable bonds is 7. The maximum absolute atomic E-state index is 12.3. The molecule has 11 heteroatoms. The summed E-state index contributed by atoms with van der Waals surface area (Å²) in [6.45, 7) is 1.44. The second-order valence-corrected chi connectivity index (χ2v) is 6.85. The minimum atomic E-state index is -0.667. The molecule has 0 atom stereocenters. The van der Waals surface area contributed by atoms with Crippen LogP contribution in [0.3, 0.4) is 0 Å². The van der Waals surface area contributed by atoms with Gasteiger partial charge >= 0.3 is 5.69 Å². The zero-order valence-corrected chi connectivity index (χ0v) is 17.1. The van der Waals surface area contributed by atoms with Crippen LogP contribution in [0.5, 0.6) is 0 Å². The highest BCUT2D eigenvalue weighted by molar-refractivity contribution is 9.10. The number of nitrogens with zero attached hydrogens (tertiary/aromatic N) is 3. The first-order valence-electron chi connectivity index (χ1n) is 8.55. The van der Waals surface area contributed by atoms with Gasteiger partial charge in [0.2, 0.25) is 11.6 Å². The molecular weight excluding hydrogens is 456 g/mol. The Kier molecular flexibility index (Phi) is 6.32. The first-order valence-corrected chi connectivity index (χ1v) is 9.34. The summed E-state index contributed by atoms with van der Waals surface area (Å²) in [6, 6.07) is 13.1. The molecule has 0 bridgehead atoms. The van der Waals surface area contributed by atoms with Gasteiger partial charge in [-0.2, -0.15) is 0 Å². The average Bonchev–Trinajstić information content (AvgIpc) is 2.72. The van der Waals surface area contributed by atoms with E-state index in [0.717, 1.165) is 6.33 Å². The Morgan fingerprint density at radius 2 is 1.70 bits per heavy atom. The monoisotopic (exact) mass is 470 g/mol. The summed E-state index contributed by atoms with van der Waals surface area (Å²) >= 11 is 3.27. The topological polar surface area (TPSA) is 139 Å². The van der Waals surface area contributed by atoms with Gasteiger partial charge in [0.1, 0.15) is 6.33 Å². The molecule has 0 unspecified atom stereocenters. The molecule has 10 nitrogen and oxygen atoms in total. The minimum absolute atomic E-state index is 0.0804. The number of hydrogen-bond acceptors (Lipinski definition) is 8. The highest BCUT2D eigenvalue weighted by Crippen LogP contribution is 2.30. The largest absolute Gasteiger partial charge is 0.355 e. The van der Waals surface area contributed by atoms with Crippen molar-refractivity contribution in [1.82, 2.24) is 15.4 Å². The molecule has 0 saturated carbocycles. The lowest BCUT2D eigenvalue weighted by Crippen LogP contribution is -2.30. The van der Waals surface area contributed by atoms with Crippen LogP contribution in [0.15, 0.2) is 59.3 Å². The van der Waals surface area contributed by atoms with Crippen molar-refractivity contribution in [2.24, 2.45) is 0 Å². The average molecular weight is 471 g/mol. The lowest BCUT2D eigenvalue weighted by molar-refractivity contribution is -0.383. The smallest absolute Gasteiger partial charge is 0.334 e. The zero-order chi connectivity index (χ0) is 21.7. The van der Waals surface area contributed by atoms with E-state index in [1.54, 1.807) is 48.5 Å². The molecular formula is C19H15BrN6O4. The second kappa shape index (κ2) is 9.09. The van der Waals surface area contributed by atoms with E-state index in [-0.39, 0.29) is 17.4 Å². The van der Waals surface area contributed by atoms with E-state index in [2.05, 4.69) is 42.1 Å². The molecule has 0 aliphatic rings. The predicted molar refractivity (Wildman–Crippen MR) is 114 cm³/mol. The van der Waals surface area contributed by atoms with E-state index in [9.17, 15) is 19.7 Å². The van der Waals surface area contributed by atoms with Crippen LogP contribution in [0.1, 0.15) is 27.6 Å². The van der Waals surface area contributed by atoms with E-state index < -0.39 is 16.5 Å². The van der Waals surface area contributed by atoms with Crippen LogP contribution in [-0.2, 0) is 0 Å². The first-order chi connectivity index (χ1) is 14.4. The molecule has 0 aliphatic heterocycles. The predicted octanol–water partition coefficient (Wildman–Crippen LogP) is 3.85. The number of halogens is 1. The number of aromatic nitrogens is 2. The van der Waals surface area contributed by atoms with Crippen molar-refractivity contribution in [1.29, 1.82) is 0 Å². The van der Waals surface area contributed by atoms with Crippen molar-refractivity contribution >= 4 is 50.6 Å². The quantitative estimate of drug-likeness (QED) is 0.268. The molecule has 0 fully saturated rings. The van der Waals surface area contributed by atoms with Crippen molar-refractivity contribution in [3.8, 4) is 0 Å². The fourth-order valence-corrected chi connectivity index (χ4v) is 2.95. The van der Waals surface area contributed by atoms with Crippen molar-refractivity contribution in [2.75, 3.05) is 10.7 Å². The number of amides is 1. The van der Waals surface area contributed by atoms with Gasteiger partial charge < -0.3 is 5.32 Å². The molecule has 0 aliphatic carbocycles. The van der Waals surface area contributed by atoms with E-state index in [0.29, 0.717) is 21.3 Å². The lowest BCUT2D eigenvalue weighted by Gasteiger charge is -2.11. The number of carbonyl (C=O) groups excluding carboxylic acids is 2. The summed E-state index contributed by atoms with van der Waals surface area (Å²) in [5.74, 6) is -0.881. The Morgan fingerprint density at radius 3 is 2.33 bits per heavy atom. The van der Waals surface area contributed by atoms with Gasteiger partial charge in [-0.1, -0.05) is 12.1 Å². The third-order valence-electron chi connectivity index (χ3n) is 3.97. The summed E-state index contributed by atoms with van der Waals surface area (Å²) in [4.78, 5) is 42.4. The summed E-state index contributed by atoms with van der Waals surface area (Å²) < 4.78 is 0.567. The number of nitrogens with one attached hydrogen (secondary N) is 3. The number of carbonyl (C=O) groups is 2. The van der Waals surface area contributed by atoms with Crippen LogP contribution < -0.4 is 16.2 Å². The van der Waals surface area contributed by atoms with Gasteiger partial charge in [0, 0.05) is 15.7 Å². The number of Topliss-reactive ketones (excluding diaryl/α,β-unsaturated/α-hetero) is 1. The standard InChI is InChI=1S/C19H15BrN6O4/c1-11(27)12-6-8-13(9-7-12)23-17-16(26(29)30)18(22-10-21-17)24-25-19(28)14-4-2-3-5-15(14)20/h2-10H,1H3,(H,25,28)(H2,21,22,23,24). The van der Waals surface area contributed by atoms with Gasteiger partial charge in [-0.25, -0.2) is 9.97 Å². The first kappa shape index (κ1) is 20.9. The van der Waals surface area contributed by atoms with E-state index in [1.807, 2.05) is 0 Å². The van der Waals surface area contributed by atoms with Crippen LogP contribution in [-0.4, -0.2) is 26.6 Å². The van der Waals surface area contributed by atoms with Crippen LogP contribution in [0.4, 0.5) is 23.0 Å². The maximum atomic E-state index is 12.3. The number of anilines is 3. The third-order valence-corrected chi connectivity index (χ3v) is 4.66. The van der Waals surface area contributed by atoms with E-state index in [4.69, 9.17) is 0 Å². The molecule has 1 heterocycles. The molecule has 1 amide bonds. The number of ketones is 1. The second-order valence-electron chi connectivity index (χ2n) is 5.99. The Hall–Kier alpha value is -3.86. The van der Waals surface area contributed by atoms with Gasteiger partial charge in [0.05, 0.1) is 10.5 Å². The highest BCUT2D eigenvalue weighted by Gasteiger charge is 2.24. The molecule has 0 radical (unpaired) electrons. The molecule has 0 spiro atoms. The Morgan fingerprint density at radius 1 is 1.03 bits per heavy atom. The molecule has 0 saturated heterocycles. The normalized spacial score (nSPS) is 10.2. The number of benzene rings is 2. The maximum Gasteiger partial charge on any atom is 0.355 e. The Balaban J connectivity index is 1.82. The number of hydrazine groups is 1. The molecule has 3 N–H and O–H groups in total. The Labute approximate surface area is 179 Å². The van der Waals surface area contributed by atoms with Crippen LogP contribution in [0, 0.1) is 10.1 Å². The van der Waals surface area contributed by atoms with E-state index in [1.165, 1.54) is 6.92 Å². The van der Waals surface area contributed by atoms with Gasteiger partial charge in [-0.3, -0.25) is 30.6 Å². The molecule has 2 aromatic carbocycles. The number of hydrogen-bond donors (Lipinski definition) is 3. The van der Waals surface area contributed by atoms with Crippen LogP contribution in [0.2, 0.25) is 0 Å². The molecule has 3 aromatic rings. The minimum Gasteiger partial charge on any atom is -0.334 e. The van der Waals surface area contributed by atoms with Crippen LogP contribution >= 0.6 is 15.9 Å². The van der Waals surface area contributed by atoms with E-state index >= 15 is 0 Å². The van der Waals surface area contributed by atoms with Crippen molar-refractivity contribution in [2.45, 2.75) is 6.92 Å². The van der Waals surface area contributed by atoms with Crippen LogP contribution in [0.25, 0.3) is 0 Å². The summed E-state index contributed by atoms with van der Waals surface area (Å²) in [6.07, 6.45) is 1.12. The molecule has 1 aromatic heterocycles. The van der Waals surface area contributed by atoms with Gasteiger partial charge in [0.25, 0.3) is 5.91 Å². The SMILES string of the molecule is CC(=O)c1ccc(Nc2ncnc(NNC(=O)c3ccccc3Br)c2[N+](=O)[O-])cc1.